The molecule has 2 nitrogen and oxygen atoms in total. The van der Waals surface area contributed by atoms with Gasteiger partial charge in [-0.2, -0.15) is 10.9 Å². The highest BCUT2D eigenvalue weighted by molar-refractivity contribution is 8.28. The fourth-order valence-corrected chi connectivity index (χ4v) is 1.65. The SMILES string of the molecule is C[SH](C)C(=O)[C@H]1CCN1. The quantitative estimate of drug-likeness (QED) is 0.516. The summed E-state index contributed by atoms with van der Waals surface area (Å²) < 4.78 is 0. The van der Waals surface area contributed by atoms with Crippen molar-refractivity contribution in [2.24, 2.45) is 0 Å². The molecule has 9 heavy (non-hydrogen) atoms. The van der Waals surface area contributed by atoms with Crippen LogP contribution in [0.2, 0.25) is 0 Å². The molecule has 0 aromatic rings. The van der Waals surface area contributed by atoms with E-state index in [2.05, 4.69) is 5.32 Å². The van der Waals surface area contributed by atoms with Crippen molar-refractivity contribution in [1.82, 2.24) is 5.32 Å². The second kappa shape index (κ2) is 2.71. The van der Waals surface area contributed by atoms with Gasteiger partial charge in [-0.25, -0.2) is 0 Å². The van der Waals surface area contributed by atoms with Crippen molar-refractivity contribution in [2.45, 2.75) is 12.5 Å². The molecule has 1 atom stereocenters. The standard InChI is InChI=1S/C6H13NOS/c1-9(2)6(8)5-3-4-7-5/h5,7,9H,3-4H2,1-2H3/t5-/m1/s1. The molecule has 0 amide bonds. The van der Waals surface area contributed by atoms with Crippen LogP contribution in [0.15, 0.2) is 0 Å². The van der Waals surface area contributed by atoms with Crippen LogP contribution in [0.1, 0.15) is 6.42 Å². The fraction of sp³-hybridized carbons (Fsp3) is 0.833. The maximum absolute atomic E-state index is 11.1. The van der Waals surface area contributed by atoms with Crippen molar-refractivity contribution in [2.75, 3.05) is 19.1 Å². The van der Waals surface area contributed by atoms with Gasteiger partial charge in [-0.05, 0) is 25.5 Å². The van der Waals surface area contributed by atoms with Crippen LogP contribution in [0.4, 0.5) is 0 Å². The summed E-state index contributed by atoms with van der Waals surface area (Å²) in [5, 5.41) is 3.52. The molecule has 0 aromatic heterocycles. The molecule has 3 heteroatoms. The predicted octanol–water partition coefficient (Wildman–Crippen LogP) is 0.136. The van der Waals surface area contributed by atoms with E-state index in [1.54, 1.807) is 0 Å². The summed E-state index contributed by atoms with van der Waals surface area (Å²) >= 11 is 0. The second-order valence-electron chi connectivity index (χ2n) is 2.53. The lowest BCUT2D eigenvalue weighted by Crippen LogP contribution is -2.48. The van der Waals surface area contributed by atoms with E-state index in [1.807, 2.05) is 12.5 Å². The molecule has 0 aliphatic carbocycles. The highest BCUT2D eigenvalue weighted by Crippen LogP contribution is 2.20. The van der Waals surface area contributed by atoms with Crippen LogP contribution < -0.4 is 5.32 Å². The van der Waals surface area contributed by atoms with Crippen LogP contribution in [0.3, 0.4) is 0 Å². The van der Waals surface area contributed by atoms with Gasteiger partial charge in [0.1, 0.15) is 0 Å². The van der Waals surface area contributed by atoms with Crippen LogP contribution in [0.5, 0.6) is 0 Å². The van der Waals surface area contributed by atoms with Gasteiger partial charge in [-0.15, -0.1) is 0 Å². The Morgan fingerprint density at radius 2 is 2.22 bits per heavy atom. The molecule has 1 N–H and O–H groups in total. The Hall–Kier alpha value is -0.0200. The van der Waals surface area contributed by atoms with Crippen LogP contribution in [0.25, 0.3) is 0 Å². The van der Waals surface area contributed by atoms with E-state index < -0.39 is 0 Å². The Balaban J connectivity index is 2.32. The van der Waals surface area contributed by atoms with E-state index in [4.69, 9.17) is 0 Å². The monoisotopic (exact) mass is 147 g/mol. The summed E-state index contributed by atoms with van der Waals surface area (Å²) in [5.74, 6) is 0. The third kappa shape index (κ3) is 1.46. The van der Waals surface area contributed by atoms with Crippen molar-refractivity contribution in [3.05, 3.63) is 0 Å². The van der Waals surface area contributed by atoms with E-state index in [0.29, 0.717) is 5.12 Å². The lowest BCUT2D eigenvalue weighted by molar-refractivity contribution is -0.114. The van der Waals surface area contributed by atoms with Gasteiger partial charge >= 0.3 is 0 Å². The van der Waals surface area contributed by atoms with Crippen molar-refractivity contribution >= 4 is 16.0 Å². The van der Waals surface area contributed by atoms with Crippen LogP contribution in [-0.2, 0) is 4.79 Å². The summed E-state index contributed by atoms with van der Waals surface area (Å²) in [7, 11) is -0.357. The number of hydrogen-bond donors (Lipinski definition) is 2. The molecule has 0 spiro atoms. The van der Waals surface area contributed by atoms with E-state index in [1.165, 1.54) is 0 Å². The lowest BCUT2D eigenvalue weighted by Gasteiger charge is -2.28. The summed E-state index contributed by atoms with van der Waals surface area (Å²) in [6.07, 6.45) is 5.08. The summed E-state index contributed by atoms with van der Waals surface area (Å²) in [6, 6.07) is 0.214. The minimum absolute atomic E-state index is 0.214. The second-order valence-corrected chi connectivity index (χ2v) is 4.76. The average molecular weight is 147 g/mol. The molecule has 0 radical (unpaired) electrons. The van der Waals surface area contributed by atoms with Crippen molar-refractivity contribution in [3.63, 3.8) is 0 Å². The highest BCUT2D eigenvalue weighted by atomic mass is 32.2. The number of rotatable bonds is 1. The van der Waals surface area contributed by atoms with Gasteiger partial charge in [0.15, 0.2) is 5.12 Å². The van der Waals surface area contributed by atoms with Gasteiger partial charge < -0.3 is 5.32 Å². The zero-order valence-corrected chi connectivity index (χ0v) is 6.74. The van der Waals surface area contributed by atoms with Crippen molar-refractivity contribution in [1.29, 1.82) is 0 Å². The molecule has 0 bridgehead atoms. The van der Waals surface area contributed by atoms with Crippen LogP contribution >= 0.6 is 10.9 Å². The number of carbonyl (C=O) groups excluding carboxylic acids is 1. The zero-order chi connectivity index (χ0) is 6.85. The molecule has 54 valence electrons. The molecule has 1 saturated heterocycles. The maximum atomic E-state index is 11.1. The number of thiol groups is 1. The molecule has 1 aliphatic heterocycles. The number of hydrogen-bond acceptors (Lipinski definition) is 2. The van der Waals surface area contributed by atoms with Gasteiger partial charge in [0.2, 0.25) is 0 Å². The molecule has 1 fully saturated rings. The molecule has 1 heterocycles. The topological polar surface area (TPSA) is 29.1 Å². The molecular formula is C6H13NOS. The zero-order valence-electron chi connectivity index (χ0n) is 5.85. The molecule has 1 rings (SSSR count). The molecule has 0 aromatic carbocycles. The van der Waals surface area contributed by atoms with Crippen molar-refractivity contribution in [3.8, 4) is 0 Å². The lowest BCUT2D eigenvalue weighted by atomic mass is 10.1. The summed E-state index contributed by atoms with van der Waals surface area (Å²) in [4.78, 5) is 11.1. The number of nitrogens with one attached hydrogen (secondary N) is 1. The Labute approximate surface area is 58.4 Å². The smallest absolute Gasteiger partial charge is 0.185 e. The number of carbonyl (C=O) groups is 1. The highest BCUT2D eigenvalue weighted by Gasteiger charge is 2.24. The predicted molar refractivity (Wildman–Crippen MR) is 42.2 cm³/mol. The Morgan fingerprint density at radius 3 is 2.33 bits per heavy atom. The maximum Gasteiger partial charge on any atom is 0.185 e. The molecule has 0 unspecified atom stereocenters. The Morgan fingerprint density at radius 1 is 1.67 bits per heavy atom. The fourth-order valence-electron chi connectivity index (χ4n) is 0.811. The Kier molecular flexibility index (Phi) is 2.13. The van der Waals surface area contributed by atoms with E-state index in [0.717, 1.165) is 13.0 Å². The van der Waals surface area contributed by atoms with Gasteiger partial charge in [0, 0.05) is 0 Å². The van der Waals surface area contributed by atoms with E-state index >= 15 is 0 Å². The minimum atomic E-state index is -0.357. The first-order chi connectivity index (χ1) is 4.22. The van der Waals surface area contributed by atoms with Gasteiger partial charge in [0.05, 0.1) is 6.04 Å². The van der Waals surface area contributed by atoms with Crippen LogP contribution in [-0.4, -0.2) is 30.2 Å². The largest absolute Gasteiger partial charge is 0.307 e. The minimum Gasteiger partial charge on any atom is -0.307 e. The summed E-state index contributed by atoms with van der Waals surface area (Å²) in [6.45, 7) is 1.03. The van der Waals surface area contributed by atoms with Crippen LogP contribution in [0, 0.1) is 0 Å². The molecular weight excluding hydrogens is 134 g/mol. The molecule has 0 saturated carbocycles. The van der Waals surface area contributed by atoms with Gasteiger partial charge in [0.25, 0.3) is 0 Å². The first-order valence-corrected chi connectivity index (χ1v) is 5.40. The Bertz CT molecular complexity index is 120. The van der Waals surface area contributed by atoms with E-state index in [-0.39, 0.29) is 16.9 Å². The summed E-state index contributed by atoms with van der Waals surface area (Å²) in [5.41, 5.74) is 0. The average Bonchev–Trinajstić information content (AvgIpc) is 1.60. The first-order valence-electron chi connectivity index (χ1n) is 3.16. The molecule has 1 aliphatic rings. The van der Waals surface area contributed by atoms with E-state index in [9.17, 15) is 4.79 Å². The van der Waals surface area contributed by atoms with Gasteiger partial charge in [-0.1, -0.05) is 0 Å². The third-order valence-electron chi connectivity index (χ3n) is 1.56. The first kappa shape index (κ1) is 7.09. The van der Waals surface area contributed by atoms with Gasteiger partial charge in [-0.3, -0.25) is 4.79 Å². The van der Waals surface area contributed by atoms with Crippen molar-refractivity contribution < 1.29 is 4.79 Å². The normalized spacial score (nSPS) is 26.9. The third-order valence-corrected chi connectivity index (χ3v) is 2.76.